The van der Waals surface area contributed by atoms with Crippen LogP contribution in [-0.2, 0) is 29.0 Å². The first-order chi connectivity index (χ1) is 17.4. The fourth-order valence-corrected chi connectivity index (χ4v) is 5.93. The van der Waals surface area contributed by atoms with Crippen LogP contribution in [0.15, 0.2) is 65.5 Å². The molecule has 2 aromatic heterocycles. The van der Waals surface area contributed by atoms with Gasteiger partial charge in [-0.05, 0) is 37.0 Å². The molecule has 36 heavy (non-hydrogen) atoms. The van der Waals surface area contributed by atoms with Gasteiger partial charge < -0.3 is 4.74 Å². The minimum Gasteiger partial charge on any atom is -0.370 e. The molecule has 6 nitrogen and oxygen atoms in total. The Kier molecular flexibility index (Phi) is 6.77. The lowest BCUT2D eigenvalue weighted by atomic mass is 9.91. The van der Waals surface area contributed by atoms with Gasteiger partial charge in [-0.3, -0.25) is 15.0 Å². The van der Waals surface area contributed by atoms with Crippen LogP contribution in [0.5, 0.6) is 0 Å². The molecule has 7 heteroatoms. The number of ether oxygens (including phenoxy) is 1. The standard InChI is InChI=1S/C29H31N3O3S/c1-4-5-16-23-30-27-25(21-17-29(2,3)35-18-22(21)36-27)28(34)32(23)31-26(33)24(19-12-8-6-9-13-19)20-14-10-7-11-15-20/h6-15,24H,4-5,16-18H2,1-3H3,(H,31,33). The third-order valence-corrected chi connectivity index (χ3v) is 7.78. The molecule has 4 aromatic rings. The minimum absolute atomic E-state index is 0.213. The van der Waals surface area contributed by atoms with Gasteiger partial charge in [0.2, 0.25) is 0 Å². The van der Waals surface area contributed by atoms with Crippen molar-refractivity contribution in [2.45, 2.75) is 64.6 Å². The van der Waals surface area contributed by atoms with E-state index in [9.17, 15) is 9.59 Å². The highest BCUT2D eigenvalue weighted by atomic mass is 32.1. The molecule has 3 heterocycles. The van der Waals surface area contributed by atoms with Gasteiger partial charge in [-0.25, -0.2) is 9.66 Å². The van der Waals surface area contributed by atoms with E-state index in [4.69, 9.17) is 9.72 Å². The zero-order valence-corrected chi connectivity index (χ0v) is 21.7. The molecule has 0 radical (unpaired) electrons. The lowest BCUT2D eigenvalue weighted by molar-refractivity contribution is -0.117. The third kappa shape index (κ3) is 4.73. The van der Waals surface area contributed by atoms with Gasteiger partial charge in [0.25, 0.3) is 11.5 Å². The molecule has 0 bridgehead atoms. The van der Waals surface area contributed by atoms with Crippen molar-refractivity contribution >= 4 is 27.5 Å². The summed E-state index contributed by atoms with van der Waals surface area (Å²) < 4.78 is 7.38. The SMILES string of the molecule is CCCCc1nc2sc3c(c2c(=O)n1NC(=O)C(c1ccccc1)c1ccccc1)CC(C)(C)OC3. The maximum Gasteiger partial charge on any atom is 0.281 e. The molecular formula is C29H31N3O3S. The van der Waals surface area contributed by atoms with Crippen molar-refractivity contribution in [3.05, 3.63) is 98.4 Å². The van der Waals surface area contributed by atoms with E-state index in [-0.39, 0.29) is 17.1 Å². The van der Waals surface area contributed by atoms with Crippen LogP contribution in [-0.4, -0.2) is 21.2 Å². The van der Waals surface area contributed by atoms with Crippen LogP contribution in [0.4, 0.5) is 0 Å². The molecule has 0 atom stereocenters. The van der Waals surface area contributed by atoms with Crippen LogP contribution in [0.2, 0.25) is 0 Å². The van der Waals surface area contributed by atoms with Gasteiger partial charge in [0.15, 0.2) is 0 Å². The van der Waals surface area contributed by atoms with Crippen molar-refractivity contribution in [3.63, 3.8) is 0 Å². The average molecular weight is 502 g/mol. The van der Waals surface area contributed by atoms with Gasteiger partial charge in [0.05, 0.1) is 23.5 Å². The first kappa shape index (κ1) is 24.4. The predicted molar refractivity (Wildman–Crippen MR) is 144 cm³/mol. The Morgan fingerprint density at radius 1 is 1.11 bits per heavy atom. The molecule has 1 aliphatic heterocycles. The summed E-state index contributed by atoms with van der Waals surface area (Å²) >= 11 is 1.53. The number of benzene rings is 2. The number of carbonyl (C=O) groups is 1. The van der Waals surface area contributed by atoms with Crippen molar-refractivity contribution in [1.29, 1.82) is 0 Å². The second-order valence-corrected chi connectivity index (χ2v) is 11.0. The fraction of sp³-hybridized carbons (Fsp3) is 0.345. The Morgan fingerprint density at radius 2 is 1.75 bits per heavy atom. The average Bonchev–Trinajstić information content (AvgIpc) is 3.22. The summed E-state index contributed by atoms with van der Waals surface area (Å²) in [5.74, 6) is -0.236. The Labute approximate surface area is 214 Å². The Balaban J connectivity index is 1.61. The molecule has 0 aliphatic carbocycles. The molecule has 0 spiro atoms. The summed E-state index contributed by atoms with van der Waals surface area (Å²) in [7, 11) is 0. The van der Waals surface area contributed by atoms with Crippen molar-refractivity contribution in [2.75, 3.05) is 5.43 Å². The molecule has 0 unspecified atom stereocenters. The van der Waals surface area contributed by atoms with Gasteiger partial charge in [0, 0.05) is 17.7 Å². The topological polar surface area (TPSA) is 73.2 Å². The van der Waals surface area contributed by atoms with Crippen LogP contribution < -0.4 is 11.0 Å². The number of rotatable bonds is 7. The molecule has 1 aliphatic rings. The monoisotopic (exact) mass is 501 g/mol. The maximum absolute atomic E-state index is 14.0. The second kappa shape index (κ2) is 9.99. The van der Waals surface area contributed by atoms with E-state index in [1.165, 1.54) is 16.0 Å². The zero-order valence-electron chi connectivity index (χ0n) is 20.9. The van der Waals surface area contributed by atoms with Gasteiger partial charge >= 0.3 is 0 Å². The van der Waals surface area contributed by atoms with E-state index in [0.717, 1.165) is 39.2 Å². The highest BCUT2D eigenvalue weighted by Crippen LogP contribution is 2.37. The maximum atomic E-state index is 14.0. The summed E-state index contributed by atoms with van der Waals surface area (Å²) in [6, 6.07) is 19.3. The van der Waals surface area contributed by atoms with Gasteiger partial charge in [-0.15, -0.1) is 11.3 Å². The fourth-order valence-electron chi connectivity index (χ4n) is 4.81. The number of aromatic nitrogens is 2. The largest absolute Gasteiger partial charge is 0.370 e. The summed E-state index contributed by atoms with van der Waals surface area (Å²) in [5.41, 5.74) is 5.13. The summed E-state index contributed by atoms with van der Waals surface area (Å²) in [5, 5.41) is 0.600. The molecule has 0 fully saturated rings. The highest BCUT2D eigenvalue weighted by Gasteiger charge is 2.32. The van der Waals surface area contributed by atoms with E-state index in [2.05, 4.69) is 12.3 Å². The molecule has 186 valence electrons. The summed E-state index contributed by atoms with van der Waals surface area (Å²) in [6.07, 6.45) is 3.07. The lowest BCUT2D eigenvalue weighted by Crippen LogP contribution is -2.39. The van der Waals surface area contributed by atoms with E-state index in [1.54, 1.807) is 0 Å². The van der Waals surface area contributed by atoms with Crippen LogP contribution in [0.3, 0.4) is 0 Å². The molecule has 2 aromatic carbocycles. The van der Waals surface area contributed by atoms with E-state index < -0.39 is 5.92 Å². The smallest absolute Gasteiger partial charge is 0.281 e. The summed E-state index contributed by atoms with van der Waals surface area (Å²) in [6.45, 7) is 6.65. The molecule has 0 saturated heterocycles. The number of fused-ring (bicyclic) bond motifs is 3. The third-order valence-electron chi connectivity index (χ3n) is 6.68. The van der Waals surface area contributed by atoms with E-state index in [1.807, 2.05) is 74.5 Å². The number of nitrogens with zero attached hydrogens (tertiary/aromatic N) is 2. The van der Waals surface area contributed by atoms with Crippen molar-refractivity contribution in [3.8, 4) is 0 Å². The molecule has 1 amide bonds. The highest BCUT2D eigenvalue weighted by molar-refractivity contribution is 7.18. The van der Waals surface area contributed by atoms with Gasteiger partial charge in [-0.1, -0.05) is 74.0 Å². The van der Waals surface area contributed by atoms with Gasteiger partial charge in [-0.2, -0.15) is 0 Å². The van der Waals surface area contributed by atoms with Crippen LogP contribution >= 0.6 is 11.3 Å². The number of hydrogen-bond acceptors (Lipinski definition) is 5. The number of amides is 1. The van der Waals surface area contributed by atoms with E-state index >= 15 is 0 Å². The molecule has 0 saturated carbocycles. The Hall–Kier alpha value is -3.29. The molecule has 5 rings (SSSR count). The number of carbonyl (C=O) groups excluding carboxylic acids is 1. The predicted octanol–water partition coefficient (Wildman–Crippen LogP) is 5.55. The van der Waals surface area contributed by atoms with Crippen molar-refractivity contribution in [2.24, 2.45) is 0 Å². The second-order valence-electron chi connectivity index (χ2n) is 9.91. The summed E-state index contributed by atoms with van der Waals surface area (Å²) in [4.78, 5) is 34.5. The van der Waals surface area contributed by atoms with Gasteiger partial charge in [0.1, 0.15) is 10.7 Å². The number of aryl methyl sites for hydroxylation is 1. The number of thiophene rings is 1. The molecule has 1 N–H and O–H groups in total. The number of unbranched alkanes of at least 4 members (excludes halogenated alkanes) is 1. The van der Waals surface area contributed by atoms with Crippen molar-refractivity contribution < 1.29 is 9.53 Å². The normalized spacial score (nSPS) is 14.7. The van der Waals surface area contributed by atoms with Crippen LogP contribution in [0.25, 0.3) is 10.2 Å². The van der Waals surface area contributed by atoms with Crippen molar-refractivity contribution in [1.82, 2.24) is 9.66 Å². The Morgan fingerprint density at radius 3 is 2.36 bits per heavy atom. The first-order valence-electron chi connectivity index (χ1n) is 12.5. The quantitative estimate of drug-likeness (QED) is 0.360. The Bertz CT molecular complexity index is 1400. The number of nitrogens with one attached hydrogen (secondary N) is 1. The minimum atomic E-state index is -0.558. The lowest BCUT2D eigenvalue weighted by Gasteiger charge is -2.30. The van der Waals surface area contributed by atoms with E-state index in [0.29, 0.717) is 30.7 Å². The molecular weight excluding hydrogens is 470 g/mol. The van der Waals surface area contributed by atoms with Crippen LogP contribution in [0, 0.1) is 0 Å². The first-order valence-corrected chi connectivity index (χ1v) is 13.3. The number of hydrogen-bond donors (Lipinski definition) is 1. The van der Waals surface area contributed by atoms with Crippen LogP contribution in [0.1, 0.15) is 66.9 Å². The zero-order chi connectivity index (χ0) is 25.3.